The summed E-state index contributed by atoms with van der Waals surface area (Å²) in [6.45, 7) is 0. The maximum atomic E-state index is 14.3. The van der Waals surface area contributed by atoms with Crippen LogP contribution in [0.3, 0.4) is 0 Å². The number of aromatic amines is 1. The van der Waals surface area contributed by atoms with Crippen LogP contribution in [-0.4, -0.2) is 27.2 Å². The number of aliphatic imine (C=N–C) groups is 1. The van der Waals surface area contributed by atoms with Crippen molar-refractivity contribution >= 4 is 53.0 Å². The summed E-state index contributed by atoms with van der Waals surface area (Å²) in [5, 5.41) is 10.6. The number of halogens is 4. The maximum absolute atomic E-state index is 14.3. The molecular weight excluding hydrogens is 439 g/mol. The van der Waals surface area contributed by atoms with Gasteiger partial charge in [0.2, 0.25) is 5.88 Å². The highest BCUT2D eigenvalue weighted by Gasteiger charge is 2.25. The van der Waals surface area contributed by atoms with E-state index in [0.29, 0.717) is 22.0 Å². The number of fused-ring (bicyclic) bond motifs is 1. The summed E-state index contributed by atoms with van der Waals surface area (Å²) < 4.78 is 29.1. The molecule has 1 atom stereocenters. The van der Waals surface area contributed by atoms with Crippen molar-refractivity contribution in [3.05, 3.63) is 79.3 Å². The number of benzene rings is 2. The Kier molecular flexibility index (Phi) is 5.05. The minimum atomic E-state index is -1.43. The van der Waals surface area contributed by atoms with Crippen LogP contribution in [0, 0.1) is 11.6 Å². The highest BCUT2D eigenvalue weighted by Crippen LogP contribution is 2.38. The van der Waals surface area contributed by atoms with Crippen molar-refractivity contribution in [2.75, 3.05) is 0 Å². The molecule has 1 unspecified atom stereocenters. The predicted molar refractivity (Wildman–Crippen MR) is 110 cm³/mol. The zero-order valence-corrected chi connectivity index (χ0v) is 16.4. The Hall–Kier alpha value is -3.23. The van der Waals surface area contributed by atoms with Crippen molar-refractivity contribution in [3.63, 3.8) is 0 Å². The first kappa shape index (κ1) is 20.1. The molecular formula is C20H11Cl2F2N3O3. The molecule has 4 rings (SSSR count). The SMILES string of the molecule is O=CC(c1ccc(Cl)cc1F)n1c(O)c(/C=C2\C=Nc3c2ccc(Cl)c3F)[nH]c1=O. The molecule has 0 radical (unpaired) electrons. The van der Waals surface area contributed by atoms with E-state index in [4.69, 9.17) is 23.2 Å². The molecule has 1 aromatic heterocycles. The number of rotatable bonds is 4. The summed E-state index contributed by atoms with van der Waals surface area (Å²) in [5.74, 6) is -2.10. The summed E-state index contributed by atoms with van der Waals surface area (Å²) in [6.07, 6.45) is 3.02. The van der Waals surface area contributed by atoms with Crippen molar-refractivity contribution in [3.8, 4) is 5.88 Å². The molecule has 2 N–H and O–H groups in total. The van der Waals surface area contributed by atoms with Gasteiger partial charge in [0.1, 0.15) is 29.5 Å². The maximum Gasteiger partial charge on any atom is 0.329 e. The molecule has 0 bridgehead atoms. The van der Waals surface area contributed by atoms with Crippen molar-refractivity contribution in [2.24, 2.45) is 4.99 Å². The lowest BCUT2D eigenvalue weighted by Gasteiger charge is -2.13. The van der Waals surface area contributed by atoms with Crippen molar-refractivity contribution < 1.29 is 18.7 Å². The zero-order valence-electron chi connectivity index (χ0n) is 14.9. The highest BCUT2D eigenvalue weighted by molar-refractivity contribution is 6.32. The number of aldehydes is 1. The second-order valence-electron chi connectivity index (χ2n) is 6.40. The lowest BCUT2D eigenvalue weighted by atomic mass is 10.1. The molecule has 6 nitrogen and oxygen atoms in total. The number of carbonyl (C=O) groups excluding carboxylic acids is 1. The fraction of sp³-hybridized carbons (Fsp3) is 0.0500. The largest absolute Gasteiger partial charge is 0.493 e. The van der Waals surface area contributed by atoms with Crippen LogP contribution in [0.4, 0.5) is 14.5 Å². The Labute approximate surface area is 177 Å². The van der Waals surface area contributed by atoms with Gasteiger partial charge in [0, 0.05) is 27.9 Å². The normalized spacial score (nSPS) is 14.9. The lowest BCUT2D eigenvalue weighted by Crippen LogP contribution is -2.24. The van der Waals surface area contributed by atoms with Gasteiger partial charge in [-0.15, -0.1) is 0 Å². The van der Waals surface area contributed by atoms with Gasteiger partial charge in [-0.2, -0.15) is 0 Å². The molecule has 2 aromatic carbocycles. The number of aromatic hydroxyl groups is 1. The van der Waals surface area contributed by atoms with Gasteiger partial charge in [-0.1, -0.05) is 35.3 Å². The fourth-order valence-electron chi connectivity index (χ4n) is 3.20. The number of H-pyrrole nitrogens is 1. The average Bonchev–Trinajstić information content (AvgIpc) is 3.23. The standard InChI is InChI=1S/C20H11Cl2F2N3O3/c21-10-1-2-12(14(23)6-10)16(8-28)27-19(29)15(26-20(27)30)5-9-7-25-18-11(9)3-4-13(22)17(18)24/h1-8,16,29H,(H,26,30)/b9-5+. The molecule has 0 spiro atoms. The number of hydrogen-bond donors (Lipinski definition) is 2. The molecule has 1 aliphatic heterocycles. The molecule has 0 saturated heterocycles. The first-order chi connectivity index (χ1) is 14.3. The lowest BCUT2D eigenvalue weighted by molar-refractivity contribution is -0.109. The van der Waals surface area contributed by atoms with E-state index in [1.54, 1.807) is 6.07 Å². The van der Waals surface area contributed by atoms with Crippen LogP contribution in [0.15, 0.2) is 40.1 Å². The molecule has 0 aliphatic carbocycles. The molecule has 10 heteroatoms. The molecule has 30 heavy (non-hydrogen) atoms. The quantitative estimate of drug-likeness (QED) is 0.574. The molecule has 0 amide bonds. The van der Waals surface area contributed by atoms with Crippen molar-refractivity contribution in [1.82, 2.24) is 9.55 Å². The highest BCUT2D eigenvalue weighted by atomic mass is 35.5. The minimum absolute atomic E-state index is 0.0315. The second kappa shape index (κ2) is 7.55. The summed E-state index contributed by atoms with van der Waals surface area (Å²) in [4.78, 5) is 30.5. The van der Waals surface area contributed by atoms with E-state index in [-0.39, 0.29) is 27.0 Å². The van der Waals surface area contributed by atoms with Crippen LogP contribution in [-0.2, 0) is 4.79 Å². The van der Waals surface area contributed by atoms with Gasteiger partial charge in [-0.05, 0) is 24.3 Å². The fourth-order valence-corrected chi connectivity index (χ4v) is 3.52. The van der Waals surface area contributed by atoms with Gasteiger partial charge in [-0.3, -0.25) is 4.99 Å². The molecule has 2 heterocycles. The van der Waals surface area contributed by atoms with Gasteiger partial charge in [0.05, 0.1) is 5.02 Å². The van der Waals surface area contributed by atoms with E-state index in [0.717, 1.165) is 6.07 Å². The van der Waals surface area contributed by atoms with Gasteiger partial charge in [0.25, 0.3) is 0 Å². The van der Waals surface area contributed by atoms with E-state index >= 15 is 0 Å². The first-order valence-electron chi connectivity index (χ1n) is 8.49. The molecule has 152 valence electrons. The van der Waals surface area contributed by atoms with Crippen molar-refractivity contribution in [1.29, 1.82) is 0 Å². The topological polar surface area (TPSA) is 87.4 Å². The number of allylic oxidation sites excluding steroid dienone is 1. The molecule has 0 fully saturated rings. The number of nitrogens with one attached hydrogen (secondary N) is 1. The first-order valence-corrected chi connectivity index (χ1v) is 9.25. The molecule has 3 aromatic rings. The number of imidazole rings is 1. The summed E-state index contributed by atoms with van der Waals surface area (Å²) in [5.41, 5.74) is -0.224. The summed E-state index contributed by atoms with van der Waals surface area (Å²) in [7, 11) is 0. The smallest absolute Gasteiger partial charge is 0.329 e. The predicted octanol–water partition coefficient (Wildman–Crippen LogP) is 4.51. The Morgan fingerprint density at radius 1 is 1.20 bits per heavy atom. The van der Waals surface area contributed by atoms with E-state index in [2.05, 4.69) is 9.98 Å². The van der Waals surface area contributed by atoms with Gasteiger partial charge in [-0.25, -0.2) is 18.1 Å². The Balaban J connectivity index is 1.80. The Bertz CT molecular complexity index is 1310. The summed E-state index contributed by atoms with van der Waals surface area (Å²) >= 11 is 11.5. The van der Waals surface area contributed by atoms with E-state index in [1.165, 1.54) is 30.5 Å². The number of carbonyl (C=O) groups is 1. The van der Waals surface area contributed by atoms with Crippen LogP contribution in [0.2, 0.25) is 10.0 Å². The van der Waals surface area contributed by atoms with E-state index < -0.39 is 29.2 Å². The van der Waals surface area contributed by atoms with Crippen LogP contribution in [0.25, 0.3) is 11.6 Å². The van der Waals surface area contributed by atoms with Gasteiger partial charge < -0.3 is 14.9 Å². The Morgan fingerprint density at radius 3 is 2.67 bits per heavy atom. The van der Waals surface area contributed by atoms with E-state index in [9.17, 15) is 23.5 Å². The monoisotopic (exact) mass is 449 g/mol. The average molecular weight is 450 g/mol. The third-order valence-electron chi connectivity index (χ3n) is 4.63. The number of hydrogen-bond acceptors (Lipinski definition) is 4. The number of nitrogens with zero attached hydrogens (tertiary/aromatic N) is 2. The minimum Gasteiger partial charge on any atom is -0.493 e. The summed E-state index contributed by atoms with van der Waals surface area (Å²) in [6, 6.07) is 5.08. The van der Waals surface area contributed by atoms with Crippen LogP contribution >= 0.6 is 23.2 Å². The molecule has 1 aliphatic rings. The van der Waals surface area contributed by atoms with Crippen molar-refractivity contribution in [2.45, 2.75) is 6.04 Å². The molecule has 0 saturated carbocycles. The van der Waals surface area contributed by atoms with Crippen LogP contribution in [0.5, 0.6) is 5.88 Å². The third kappa shape index (κ3) is 3.24. The van der Waals surface area contributed by atoms with E-state index in [1.807, 2.05) is 0 Å². The van der Waals surface area contributed by atoms with Gasteiger partial charge in [0.15, 0.2) is 5.82 Å². The van der Waals surface area contributed by atoms with Crippen LogP contribution < -0.4 is 5.69 Å². The zero-order chi connectivity index (χ0) is 21.6. The van der Waals surface area contributed by atoms with Crippen LogP contribution in [0.1, 0.15) is 22.9 Å². The van der Waals surface area contributed by atoms with Gasteiger partial charge >= 0.3 is 5.69 Å². The second-order valence-corrected chi connectivity index (χ2v) is 7.24. The number of aromatic nitrogens is 2. The third-order valence-corrected chi connectivity index (χ3v) is 5.16. The Morgan fingerprint density at radius 2 is 1.97 bits per heavy atom.